The fraction of sp³-hybridized carbons (Fsp3) is 0. The van der Waals surface area contributed by atoms with E-state index in [1.165, 1.54) is 18.2 Å². The molecule has 0 aromatic heterocycles. The molecule has 2 N–H and O–H groups in total. The molecule has 0 bridgehead atoms. The Morgan fingerprint density at radius 1 is 0.923 bits per heavy atom. The first kappa shape index (κ1) is 17.5. The van der Waals surface area contributed by atoms with Crippen molar-refractivity contribution in [2.24, 2.45) is 0 Å². The molecule has 6 heteroatoms. The lowest BCUT2D eigenvalue weighted by Gasteiger charge is -2.12. The average Bonchev–Trinajstić information content (AvgIpc) is 2.64. The number of nitrogens with one attached hydrogen (secondary N) is 1. The summed E-state index contributed by atoms with van der Waals surface area (Å²) in [7, 11) is 0. The van der Waals surface area contributed by atoms with Crippen LogP contribution < -0.4 is 10.1 Å². The zero-order valence-corrected chi connectivity index (χ0v) is 14.2. The Hall–Kier alpha value is -3.31. The van der Waals surface area contributed by atoms with Gasteiger partial charge in [0.1, 0.15) is 11.5 Å². The van der Waals surface area contributed by atoms with Crippen LogP contribution in [0.15, 0.2) is 72.8 Å². The molecule has 0 saturated carbocycles. The molecule has 3 aromatic carbocycles. The number of carboxylic acids is 1. The zero-order valence-electron chi connectivity index (χ0n) is 13.5. The van der Waals surface area contributed by atoms with Gasteiger partial charge in [0.15, 0.2) is 0 Å². The standard InChI is InChI=1S/C20H14ClNO4/c21-16-11-10-13(20(24)25)12-17(16)22-19(23)15-8-4-5-9-18(15)26-14-6-2-1-3-7-14/h1-12H,(H,22,23)(H,24,25). The number of ether oxygens (including phenoxy) is 1. The average molecular weight is 368 g/mol. The SMILES string of the molecule is O=C(O)c1ccc(Cl)c(NC(=O)c2ccccc2Oc2ccccc2)c1. The number of rotatable bonds is 5. The van der Waals surface area contributed by atoms with Crippen LogP contribution in [0.25, 0.3) is 0 Å². The molecule has 0 aliphatic carbocycles. The summed E-state index contributed by atoms with van der Waals surface area (Å²) in [5.41, 5.74) is 0.540. The van der Waals surface area contributed by atoms with Crippen LogP contribution in [0.4, 0.5) is 5.69 Å². The summed E-state index contributed by atoms with van der Waals surface area (Å²) in [5, 5.41) is 12.0. The fourth-order valence-corrected chi connectivity index (χ4v) is 2.47. The molecule has 0 fully saturated rings. The molecule has 130 valence electrons. The van der Waals surface area contributed by atoms with E-state index >= 15 is 0 Å². The van der Waals surface area contributed by atoms with E-state index in [4.69, 9.17) is 21.4 Å². The zero-order chi connectivity index (χ0) is 18.5. The Morgan fingerprint density at radius 3 is 2.35 bits per heavy atom. The van der Waals surface area contributed by atoms with Gasteiger partial charge in [-0.3, -0.25) is 4.79 Å². The highest BCUT2D eigenvalue weighted by molar-refractivity contribution is 6.34. The molecule has 1 amide bonds. The fourth-order valence-electron chi connectivity index (χ4n) is 2.30. The van der Waals surface area contributed by atoms with Gasteiger partial charge in [0.2, 0.25) is 0 Å². The van der Waals surface area contributed by atoms with E-state index < -0.39 is 11.9 Å². The third kappa shape index (κ3) is 4.02. The summed E-state index contributed by atoms with van der Waals surface area (Å²) in [6.07, 6.45) is 0. The highest BCUT2D eigenvalue weighted by Gasteiger charge is 2.15. The molecule has 26 heavy (non-hydrogen) atoms. The number of para-hydroxylation sites is 2. The van der Waals surface area contributed by atoms with Gasteiger partial charge < -0.3 is 15.2 Å². The number of carbonyl (C=O) groups excluding carboxylic acids is 1. The molecule has 0 radical (unpaired) electrons. The Morgan fingerprint density at radius 2 is 1.62 bits per heavy atom. The van der Waals surface area contributed by atoms with Crippen molar-refractivity contribution in [2.75, 3.05) is 5.32 Å². The molecule has 3 aromatic rings. The van der Waals surface area contributed by atoms with E-state index in [1.807, 2.05) is 18.2 Å². The Balaban J connectivity index is 1.87. The second-order valence-electron chi connectivity index (χ2n) is 5.37. The van der Waals surface area contributed by atoms with Crippen LogP contribution >= 0.6 is 11.6 Å². The number of carbonyl (C=O) groups is 2. The van der Waals surface area contributed by atoms with Gasteiger partial charge in [0, 0.05) is 0 Å². The van der Waals surface area contributed by atoms with Crippen molar-refractivity contribution in [3.63, 3.8) is 0 Å². The van der Waals surface area contributed by atoms with Gasteiger partial charge in [-0.15, -0.1) is 0 Å². The number of halogens is 1. The molecule has 0 unspecified atom stereocenters. The highest BCUT2D eigenvalue weighted by Crippen LogP contribution is 2.28. The molecule has 5 nitrogen and oxygen atoms in total. The predicted octanol–water partition coefficient (Wildman–Crippen LogP) is 5.08. The normalized spacial score (nSPS) is 10.2. The number of aromatic carboxylic acids is 1. The molecular formula is C20H14ClNO4. The second kappa shape index (κ2) is 7.72. The van der Waals surface area contributed by atoms with Crippen LogP contribution in [0.5, 0.6) is 11.5 Å². The van der Waals surface area contributed by atoms with Gasteiger partial charge >= 0.3 is 5.97 Å². The molecule has 0 saturated heterocycles. The van der Waals surface area contributed by atoms with Crippen molar-refractivity contribution in [3.05, 3.63) is 88.9 Å². The van der Waals surface area contributed by atoms with Crippen LogP contribution in [-0.4, -0.2) is 17.0 Å². The third-order valence-corrected chi connectivity index (χ3v) is 3.89. The van der Waals surface area contributed by atoms with Gasteiger partial charge in [-0.2, -0.15) is 0 Å². The smallest absolute Gasteiger partial charge is 0.335 e. The molecular weight excluding hydrogens is 354 g/mol. The Kier molecular flexibility index (Phi) is 5.20. The Labute approximate surface area is 154 Å². The topological polar surface area (TPSA) is 75.6 Å². The number of hydrogen-bond acceptors (Lipinski definition) is 3. The summed E-state index contributed by atoms with van der Waals surface area (Å²) in [4.78, 5) is 23.8. The van der Waals surface area contributed by atoms with Crippen molar-refractivity contribution < 1.29 is 19.4 Å². The maximum absolute atomic E-state index is 12.7. The first-order valence-electron chi connectivity index (χ1n) is 7.71. The maximum Gasteiger partial charge on any atom is 0.335 e. The Bertz CT molecular complexity index is 957. The maximum atomic E-state index is 12.7. The summed E-state index contributed by atoms with van der Waals surface area (Å²) in [5.74, 6) is -0.591. The largest absolute Gasteiger partial charge is 0.478 e. The molecule has 0 atom stereocenters. The van der Waals surface area contributed by atoms with E-state index in [0.29, 0.717) is 17.1 Å². The van der Waals surface area contributed by atoms with Gasteiger partial charge in [0.05, 0.1) is 21.8 Å². The lowest BCUT2D eigenvalue weighted by molar-refractivity contribution is 0.0696. The minimum atomic E-state index is -1.11. The minimum absolute atomic E-state index is 0.0264. The summed E-state index contributed by atoms with van der Waals surface area (Å²) in [6, 6.07) is 19.9. The van der Waals surface area contributed by atoms with Crippen molar-refractivity contribution in [2.45, 2.75) is 0 Å². The van der Waals surface area contributed by atoms with Crippen LogP contribution in [-0.2, 0) is 0 Å². The van der Waals surface area contributed by atoms with Crippen LogP contribution in [0.3, 0.4) is 0 Å². The number of benzene rings is 3. The highest BCUT2D eigenvalue weighted by atomic mass is 35.5. The van der Waals surface area contributed by atoms with E-state index in [0.717, 1.165) is 0 Å². The van der Waals surface area contributed by atoms with Gasteiger partial charge in [0.25, 0.3) is 5.91 Å². The van der Waals surface area contributed by atoms with Crippen molar-refractivity contribution in [3.8, 4) is 11.5 Å². The van der Waals surface area contributed by atoms with Crippen LogP contribution in [0, 0.1) is 0 Å². The molecule has 0 aliphatic rings. The quantitative estimate of drug-likeness (QED) is 0.659. The number of amides is 1. The number of hydrogen-bond donors (Lipinski definition) is 2. The third-order valence-electron chi connectivity index (χ3n) is 3.56. The van der Waals surface area contributed by atoms with E-state index in [-0.39, 0.29) is 16.3 Å². The van der Waals surface area contributed by atoms with Crippen molar-refractivity contribution in [1.82, 2.24) is 0 Å². The molecule has 0 spiro atoms. The molecule has 0 aliphatic heterocycles. The lowest BCUT2D eigenvalue weighted by Crippen LogP contribution is -2.14. The summed E-state index contributed by atoms with van der Waals surface area (Å²) in [6.45, 7) is 0. The second-order valence-corrected chi connectivity index (χ2v) is 5.77. The first-order valence-corrected chi connectivity index (χ1v) is 8.08. The minimum Gasteiger partial charge on any atom is -0.478 e. The van der Waals surface area contributed by atoms with Crippen molar-refractivity contribution in [1.29, 1.82) is 0 Å². The summed E-state index contributed by atoms with van der Waals surface area (Å²) < 4.78 is 5.77. The van der Waals surface area contributed by atoms with Gasteiger partial charge in [-0.05, 0) is 42.5 Å². The van der Waals surface area contributed by atoms with E-state index in [2.05, 4.69) is 5.32 Å². The van der Waals surface area contributed by atoms with Crippen LogP contribution in [0.1, 0.15) is 20.7 Å². The lowest BCUT2D eigenvalue weighted by atomic mass is 10.1. The van der Waals surface area contributed by atoms with Gasteiger partial charge in [-0.25, -0.2) is 4.79 Å². The van der Waals surface area contributed by atoms with Crippen LogP contribution in [0.2, 0.25) is 5.02 Å². The summed E-state index contributed by atoms with van der Waals surface area (Å²) >= 11 is 6.06. The monoisotopic (exact) mass is 367 g/mol. The van der Waals surface area contributed by atoms with Crippen molar-refractivity contribution >= 4 is 29.2 Å². The molecule has 3 rings (SSSR count). The number of carboxylic acid groups (broad SMARTS) is 1. The van der Waals surface area contributed by atoms with Gasteiger partial charge in [-0.1, -0.05) is 41.9 Å². The van der Waals surface area contributed by atoms with E-state index in [1.54, 1.807) is 36.4 Å². The first-order chi connectivity index (χ1) is 12.5. The molecule has 0 heterocycles. The number of anilines is 1. The van der Waals surface area contributed by atoms with E-state index in [9.17, 15) is 9.59 Å². The predicted molar refractivity (Wildman–Crippen MR) is 99.3 cm³/mol.